The number of imide groups is 1. The van der Waals surface area contributed by atoms with Gasteiger partial charge in [-0.15, -0.1) is 0 Å². The summed E-state index contributed by atoms with van der Waals surface area (Å²) < 4.78 is 5.13. The third-order valence-corrected chi connectivity index (χ3v) is 5.99. The minimum Gasteiger partial charge on any atom is -0.497 e. The summed E-state index contributed by atoms with van der Waals surface area (Å²) in [6.07, 6.45) is 3.39. The fourth-order valence-electron chi connectivity index (χ4n) is 4.16. The number of methoxy groups -OCH3 is 1. The summed E-state index contributed by atoms with van der Waals surface area (Å²) in [6, 6.07) is 6.94. The van der Waals surface area contributed by atoms with Crippen LogP contribution in [0.2, 0.25) is 0 Å². The van der Waals surface area contributed by atoms with Gasteiger partial charge in [0.15, 0.2) is 0 Å². The minimum atomic E-state index is -0.627. The number of likely N-dealkylation sites (N-methyl/N-ethyl adjacent to an activating group) is 1. The highest BCUT2D eigenvalue weighted by Gasteiger charge is 2.37. The molecule has 30 heavy (non-hydrogen) atoms. The molecule has 2 fully saturated rings. The van der Waals surface area contributed by atoms with Crippen LogP contribution >= 0.6 is 0 Å². The molecule has 8 nitrogen and oxygen atoms in total. The highest BCUT2D eigenvalue weighted by molar-refractivity contribution is 6.04. The molecule has 1 aromatic carbocycles. The number of nitrogens with one attached hydrogen (secondary N) is 2. The molecule has 2 saturated heterocycles. The number of hydrogen-bond acceptors (Lipinski definition) is 5. The molecule has 2 aliphatic rings. The number of carbonyl (C=O) groups excluding carboxylic acids is 3. The van der Waals surface area contributed by atoms with Gasteiger partial charge in [0.2, 0.25) is 5.91 Å². The van der Waals surface area contributed by atoms with Crippen LogP contribution in [0, 0.1) is 0 Å². The third kappa shape index (κ3) is 5.50. The molecule has 0 unspecified atom stereocenters. The van der Waals surface area contributed by atoms with Crippen molar-refractivity contribution in [2.24, 2.45) is 0 Å². The number of carbonyl (C=O) groups is 3. The van der Waals surface area contributed by atoms with E-state index in [0.717, 1.165) is 30.8 Å². The van der Waals surface area contributed by atoms with E-state index in [9.17, 15) is 14.4 Å². The first kappa shape index (κ1) is 22.1. The zero-order chi connectivity index (χ0) is 21.5. The summed E-state index contributed by atoms with van der Waals surface area (Å²) >= 11 is 0. The van der Waals surface area contributed by atoms with Crippen molar-refractivity contribution in [2.75, 3.05) is 33.3 Å². The second kappa shape index (κ2) is 10.4. The Bertz CT molecular complexity index is 752. The van der Waals surface area contributed by atoms with E-state index in [1.165, 1.54) is 11.3 Å². The number of likely N-dealkylation sites (tertiary alicyclic amines) is 1. The van der Waals surface area contributed by atoms with Crippen LogP contribution in [0.25, 0.3) is 0 Å². The van der Waals surface area contributed by atoms with Crippen molar-refractivity contribution in [1.29, 1.82) is 0 Å². The largest absolute Gasteiger partial charge is 0.497 e. The van der Waals surface area contributed by atoms with Gasteiger partial charge in [0.05, 0.1) is 7.11 Å². The number of ether oxygens (including phenoxy) is 1. The van der Waals surface area contributed by atoms with E-state index in [1.807, 2.05) is 24.3 Å². The lowest BCUT2D eigenvalue weighted by atomic mass is 10.1. The molecule has 2 N–H and O–H groups in total. The Balaban J connectivity index is 1.41. The maximum absolute atomic E-state index is 12.6. The molecular weight excluding hydrogens is 384 g/mol. The summed E-state index contributed by atoms with van der Waals surface area (Å²) in [6.45, 7) is 5.18. The molecule has 0 aromatic heterocycles. The van der Waals surface area contributed by atoms with E-state index < -0.39 is 6.04 Å². The lowest BCUT2D eigenvalue weighted by molar-refractivity contribution is -0.127. The van der Waals surface area contributed by atoms with E-state index in [2.05, 4.69) is 22.5 Å². The standard InChI is InChI=1S/C22H32N4O4/c1-3-25-13-4-5-17(25)15-23-20(27)11-10-19-21(28)26(22(29)24-19)14-12-16-6-8-18(30-2)9-7-16/h6-9,17,19H,3-5,10-15H2,1-2H3,(H,23,27)(H,24,29)/t17-,19+/m1/s1. The Kier molecular flexibility index (Phi) is 7.68. The van der Waals surface area contributed by atoms with Gasteiger partial charge in [-0.1, -0.05) is 19.1 Å². The van der Waals surface area contributed by atoms with Crippen LogP contribution in [0.4, 0.5) is 4.79 Å². The predicted molar refractivity (Wildman–Crippen MR) is 113 cm³/mol. The van der Waals surface area contributed by atoms with Crippen LogP contribution < -0.4 is 15.4 Å². The van der Waals surface area contributed by atoms with E-state index in [1.54, 1.807) is 7.11 Å². The van der Waals surface area contributed by atoms with Gasteiger partial charge < -0.3 is 15.4 Å². The SMILES string of the molecule is CCN1CCC[C@@H]1CNC(=O)CC[C@@H]1NC(=O)N(CCc2ccc(OC)cc2)C1=O. The van der Waals surface area contributed by atoms with Gasteiger partial charge >= 0.3 is 6.03 Å². The van der Waals surface area contributed by atoms with Crippen molar-refractivity contribution in [2.45, 2.75) is 51.1 Å². The number of rotatable bonds is 10. The molecule has 0 spiro atoms. The highest BCUT2D eigenvalue weighted by Crippen LogP contribution is 2.17. The van der Waals surface area contributed by atoms with Crippen molar-refractivity contribution in [3.05, 3.63) is 29.8 Å². The average molecular weight is 417 g/mol. The van der Waals surface area contributed by atoms with Crippen LogP contribution in [0.5, 0.6) is 5.75 Å². The van der Waals surface area contributed by atoms with E-state index >= 15 is 0 Å². The Morgan fingerprint density at radius 3 is 2.73 bits per heavy atom. The Hall–Kier alpha value is -2.61. The summed E-state index contributed by atoms with van der Waals surface area (Å²) in [5.74, 6) is 0.438. The fraction of sp³-hybridized carbons (Fsp3) is 0.591. The molecule has 8 heteroatoms. The summed E-state index contributed by atoms with van der Waals surface area (Å²) in [4.78, 5) is 40.6. The topological polar surface area (TPSA) is 91.0 Å². The maximum Gasteiger partial charge on any atom is 0.324 e. The van der Waals surface area contributed by atoms with Crippen LogP contribution in [-0.4, -0.2) is 73.0 Å². The monoisotopic (exact) mass is 416 g/mol. The molecule has 3 rings (SSSR count). The summed E-state index contributed by atoms with van der Waals surface area (Å²) in [5.41, 5.74) is 1.02. The molecule has 0 aliphatic carbocycles. The molecule has 1 aromatic rings. The first-order valence-corrected chi connectivity index (χ1v) is 10.8. The van der Waals surface area contributed by atoms with Gasteiger partial charge in [0.25, 0.3) is 5.91 Å². The van der Waals surface area contributed by atoms with Crippen LogP contribution in [0.15, 0.2) is 24.3 Å². The minimum absolute atomic E-state index is 0.0725. The molecule has 0 saturated carbocycles. The first-order valence-electron chi connectivity index (χ1n) is 10.8. The predicted octanol–water partition coefficient (Wildman–Crippen LogP) is 1.54. The van der Waals surface area contributed by atoms with Crippen molar-refractivity contribution in [1.82, 2.24) is 20.4 Å². The zero-order valence-corrected chi connectivity index (χ0v) is 17.9. The molecule has 2 aliphatic heterocycles. The number of benzene rings is 1. The van der Waals surface area contributed by atoms with Crippen molar-refractivity contribution >= 4 is 17.8 Å². The van der Waals surface area contributed by atoms with Gasteiger partial charge in [-0.25, -0.2) is 4.79 Å². The average Bonchev–Trinajstić information content (AvgIpc) is 3.33. The number of hydrogen-bond donors (Lipinski definition) is 2. The van der Waals surface area contributed by atoms with Crippen LogP contribution in [0.3, 0.4) is 0 Å². The molecule has 4 amide bonds. The van der Waals surface area contributed by atoms with Gasteiger partial charge in [-0.05, 0) is 56.5 Å². The Labute approximate surface area is 177 Å². The molecule has 0 radical (unpaired) electrons. The lowest BCUT2D eigenvalue weighted by Gasteiger charge is -2.22. The van der Waals surface area contributed by atoms with E-state index in [-0.39, 0.29) is 24.3 Å². The first-order chi connectivity index (χ1) is 14.5. The lowest BCUT2D eigenvalue weighted by Crippen LogP contribution is -2.40. The quantitative estimate of drug-likeness (QED) is 0.565. The fourth-order valence-corrected chi connectivity index (χ4v) is 4.16. The van der Waals surface area contributed by atoms with Crippen molar-refractivity contribution in [3.63, 3.8) is 0 Å². The van der Waals surface area contributed by atoms with Gasteiger partial charge in [0.1, 0.15) is 11.8 Å². The smallest absolute Gasteiger partial charge is 0.324 e. The zero-order valence-electron chi connectivity index (χ0n) is 17.9. The maximum atomic E-state index is 12.6. The van der Waals surface area contributed by atoms with Gasteiger partial charge in [-0.3, -0.25) is 19.4 Å². The van der Waals surface area contributed by atoms with Crippen LogP contribution in [0.1, 0.15) is 38.2 Å². The third-order valence-electron chi connectivity index (χ3n) is 5.99. The Morgan fingerprint density at radius 1 is 1.27 bits per heavy atom. The normalized spacial score (nSPS) is 21.7. The number of nitrogens with zero attached hydrogens (tertiary/aromatic N) is 2. The van der Waals surface area contributed by atoms with Crippen molar-refractivity contribution in [3.8, 4) is 5.75 Å². The summed E-state index contributed by atoms with van der Waals surface area (Å²) in [5, 5.41) is 5.68. The van der Waals surface area contributed by atoms with Crippen molar-refractivity contribution < 1.29 is 19.1 Å². The molecule has 2 atom stereocenters. The summed E-state index contributed by atoms with van der Waals surface area (Å²) in [7, 11) is 1.61. The van der Waals surface area contributed by atoms with Gasteiger partial charge in [-0.2, -0.15) is 0 Å². The van der Waals surface area contributed by atoms with Crippen LogP contribution in [-0.2, 0) is 16.0 Å². The highest BCUT2D eigenvalue weighted by atomic mass is 16.5. The molecular formula is C22H32N4O4. The Morgan fingerprint density at radius 2 is 2.03 bits per heavy atom. The second-order valence-electron chi connectivity index (χ2n) is 7.86. The van der Waals surface area contributed by atoms with E-state index in [0.29, 0.717) is 32.0 Å². The number of amides is 4. The molecule has 164 valence electrons. The van der Waals surface area contributed by atoms with Gasteiger partial charge in [0, 0.05) is 25.6 Å². The second-order valence-corrected chi connectivity index (χ2v) is 7.86. The molecule has 0 bridgehead atoms. The molecule has 2 heterocycles. The number of urea groups is 1. The van der Waals surface area contributed by atoms with E-state index in [4.69, 9.17) is 4.74 Å².